The molecule has 1 amide bonds. The highest BCUT2D eigenvalue weighted by Crippen LogP contribution is 2.18. The third-order valence-electron chi connectivity index (χ3n) is 5.28. The van der Waals surface area contributed by atoms with Gasteiger partial charge in [-0.3, -0.25) is 4.79 Å². The van der Waals surface area contributed by atoms with Gasteiger partial charge in [-0.2, -0.15) is 0 Å². The van der Waals surface area contributed by atoms with Gasteiger partial charge in [0.1, 0.15) is 17.3 Å². The number of carbonyl (C=O) groups is 1. The number of ether oxygens (including phenoxy) is 1. The van der Waals surface area contributed by atoms with Gasteiger partial charge in [0.05, 0.1) is 6.10 Å². The summed E-state index contributed by atoms with van der Waals surface area (Å²) in [5, 5.41) is 3.30. The minimum absolute atomic E-state index is 0.0293. The average Bonchev–Trinajstić information content (AvgIpc) is 3.26. The lowest BCUT2D eigenvalue weighted by molar-refractivity contribution is 0.0740. The molecule has 3 heterocycles. The summed E-state index contributed by atoms with van der Waals surface area (Å²) in [6.07, 6.45) is 2.39. The number of piperazine rings is 1. The molecule has 2 aliphatic rings. The lowest BCUT2D eigenvalue weighted by atomic mass is 10.2. The van der Waals surface area contributed by atoms with E-state index in [-0.39, 0.29) is 12.0 Å². The number of nitrogens with one attached hydrogen (secondary N) is 1. The number of para-hydroxylation sites is 1. The Morgan fingerprint density at radius 2 is 1.96 bits per heavy atom. The van der Waals surface area contributed by atoms with Crippen LogP contribution in [0.1, 0.15) is 29.2 Å². The van der Waals surface area contributed by atoms with Crippen LogP contribution in [0, 0.1) is 6.92 Å². The van der Waals surface area contributed by atoms with E-state index < -0.39 is 0 Å². The van der Waals surface area contributed by atoms with E-state index in [1.165, 1.54) is 5.69 Å². The maximum absolute atomic E-state index is 13.0. The van der Waals surface area contributed by atoms with Crippen LogP contribution in [0.2, 0.25) is 0 Å². The lowest BCUT2D eigenvalue weighted by Gasteiger charge is -2.36. The summed E-state index contributed by atoms with van der Waals surface area (Å²) in [5.74, 6) is 1.26. The number of benzene rings is 1. The first-order chi connectivity index (χ1) is 13.7. The van der Waals surface area contributed by atoms with Crippen molar-refractivity contribution in [1.82, 2.24) is 14.9 Å². The molecule has 2 aromatic rings. The Hall–Kier alpha value is -2.67. The molecule has 28 heavy (non-hydrogen) atoms. The van der Waals surface area contributed by atoms with Crippen LogP contribution in [0.15, 0.2) is 36.4 Å². The first-order valence-corrected chi connectivity index (χ1v) is 9.99. The van der Waals surface area contributed by atoms with E-state index in [0.29, 0.717) is 37.0 Å². The van der Waals surface area contributed by atoms with Gasteiger partial charge in [0.25, 0.3) is 5.91 Å². The summed E-state index contributed by atoms with van der Waals surface area (Å²) in [6, 6.07) is 12.1. The van der Waals surface area contributed by atoms with Crippen LogP contribution in [0.4, 0.5) is 11.5 Å². The number of rotatable bonds is 5. The molecule has 1 aromatic carbocycles. The molecule has 4 rings (SSSR count). The molecule has 1 aromatic heterocycles. The fraction of sp³-hybridized carbons (Fsp3) is 0.476. The third-order valence-corrected chi connectivity index (χ3v) is 5.28. The third kappa shape index (κ3) is 4.42. The number of amides is 1. The summed E-state index contributed by atoms with van der Waals surface area (Å²) in [6.45, 7) is 6.38. The molecule has 0 saturated carbocycles. The first kappa shape index (κ1) is 18.7. The van der Waals surface area contributed by atoms with Gasteiger partial charge in [0.15, 0.2) is 0 Å². The van der Waals surface area contributed by atoms with Gasteiger partial charge in [-0.05, 0) is 31.9 Å². The van der Waals surface area contributed by atoms with Crippen molar-refractivity contribution < 1.29 is 9.53 Å². The maximum atomic E-state index is 13.0. The van der Waals surface area contributed by atoms with Gasteiger partial charge in [-0.15, -0.1) is 0 Å². The molecule has 0 bridgehead atoms. The van der Waals surface area contributed by atoms with Crippen molar-refractivity contribution in [3.8, 4) is 0 Å². The van der Waals surface area contributed by atoms with Crippen molar-refractivity contribution >= 4 is 17.4 Å². The molecule has 1 atom stereocenters. The largest absolute Gasteiger partial charge is 0.376 e. The van der Waals surface area contributed by atoms with Gasteiger partial charge >= 0.3 is 0 Å². The van der Waals surface area contributed by atoms with E-state index >= 15 is 0 Å². The minimum Gasteiger partial charge on any atom is -0.376 e. The SMILES string of the molecule is Cc1nc(NCC2CCCO2)cc(C(=O)N2CCN(c3ccccc3)CC2)n1. The van der Waals surface area contributed by atoms with Gasteiger partial charge in [-0.1, -0.05) is 18.2 Å². The molecule has 2 saturated heterocycles. The highest BCUT2D eigenvalue weighted by Gasteiger charge is 2.24. The zero-order valence-corrected chi connectivity index (χ0v) is 16.3. The molecule has 1 N–H and O–H groups in total. The summed E-state index contributed by atoms with van der Waals surface area (Å²) in [4.78, 5) is 26.0. The van der Waals surface area contributed by atoms with E-state index in [4.69, 9.17) is 4.74 Å². The van der Waals surface area contributed by atoms with Crippen molar-refractivity contribution in [3.63, 3.8) is 0 Å². The van der Waals surface area contributed by atoms with E-state index in [0.717, 1.165) is 32.5 Å². The number of hydrogen-bond acceptors (Lipinski definition) is 6. The summed E-state index contributed by atoms with van der Waals surface area (Å²) in [5.41, 5.74) is 1.66. The molecule has 0 aliphatic carbocycles. The number of aromatic nitrogens is 2. The number of anilines is 2. The predicted octanol–water partition coefficient (Wildman–Crippen LogP) is 2.34. The molecule has 7 heteroatoms. The topological polar surface area (TPSA) is 70.6 Å². The molecule has 1 unspecified atom stereocenters. The normalized spacial score (nSPS) is 19.7. The van der Waals surface area contributed by atoms with Crippen LogP contribution in [0.3, 0.4) is 0 Å². The van der Waals surface area contributed by atoms with E-state index in [1.54, 1.807) is 6.07 Å². The molecule has 148 valence electrons. The van der Waals surface area contributed by atoms with Crippen LogP contribution in [-0.2, 0) is 4.74 Å². The minimum atomic E-state index is -0.0293. The standard InChI is InChI=1S/C21H27N5O2/c1-16-23-19(14-20(24-16)22-15-18-8-5-13-28-18)21(27)26-11-9-25(10-12-26)17-6-3-2-4-7-17/h2-4,6-7,14,18H,5,8-13,15H2,1H3,(H,22,23,24). The highest BCUT2D eigenvalue weighted by atomic mass is 16.5. The van der Waals surface area contributed by atoms with Crippen molar-refractivity contribution in [1.29, 1.82) is 0 Å². The van der Waals surface area contributed by atoms with E-state index in [2.05, 4.69) is 32.3 Å². The predicted molar refractivity (Wildman–Crippen MR) is 109 cm³/mol. The second-order valence-electron chi connectivity index (χ2n) is 7.32. The van der Waals surface area contributed by atoms with Crippen LogP contribution in [0.5, 0.6) is 0 Å². The van der Waals surface area contributed by atoms with Crippen LogP contribution >= 0.6 is 0 Å². The molecule has 7 nitrogen and oxygen atoms in total. The number of nitrogens with zero attached hydrogens (tertiary/aromatic N) is 4. The smallest absolute Gasteiger partial charge is 0.272 e. The second kappa shape index (κ2) is 8.56. The van der Waals surface area contributed by atoms with E-state index in [1.807, 2.05) is 30.0 Å². The van der Waals surface area contributed by atoms with Crippen LogP contribution in [-0.4, -0.2) is 66.2 Å². The fourth-order valence-electron chi connectivity index (χ4n) is 3.76. The van der Waals surface area contributed by atoms with Gasteiger partial charge in [0.2, 0.25) is 0 Å². The first-order valence-electron chi connectivity index (χ1n) is 9.99. The highest BCUT2D eigenvalue weighted by molar-refractivity contribution is 5.93. The molecule has 0 spiro atoms. The average molecular weight is 381 g/mol. The molecule has 2 fully saturated rings. The number of aryl methyl sites for hydroxylation is 1. The Labute approximate surface area is 165 Å². The van der Waals surface area contributed by atoms with Crippen LogP contribution < -0.4 is 10.2 Å². The molecule has 0 radical (unpaired) electrons. The second-order valence-corrected chi connectivity index (χ2v) is 7.32. The Morgan fingerprint density at radius 3 is 2.68 bits per heavy atom. The Balaban J connectivity index is 1.37. The fourth-order valence-corrected chi connectivity index (χ4v) is 3.76. The summed E-state index contributed by atoms with van der Waals surface area (Å²) in [7, 11) is 0. The Morgan fingerprint density at radius 1 is 1.18 bits per heavy atom. The zero-order valence-electron chi connectivity index (χ0n) is 16.3. The van der Waals surface area contributed by atoms with Gasteiger partial charge < -0.3 is 19.9 Å². The summed E-state index contributed by atoms with van der Waals surface area (Å²) < 4.78 is 5.64. The molecular formula is C21H27N5O2. The Kier molecular flexibility index (Phi) is 5.71. The van der Waals surface area contributed by atoms with Crippen molar-refractivity contribution in [2.24, 2.45) is 0 Å². The Bertz CT molecular complexity index is 800. The van der Waals surface area contributed by atoms with Crippen molar-refractivity contribution in [3.05, 3.63) is 47.9 Å². The maximum Gasteiger partial charge on any atom is 0.272 e. The van der Waals surface area contributed by atoms with Crippen LogP contribution in [0.25, 0.3) is 0 Å². The monoisotopic (exact) mass is 381 g/mol. The summed E-state index contributed by atoms with van der Waals surface area (Å²) >= 11 is 0. The van der Waals surface area contributed by atoms with Gasteiger partial charge in [-0.25, -0.2) is 9.97 Å². The van der Waals surface area contributed by atoms with Crippen molar-refractivity contribution in [2.45, 2.75) is 25.9 Å². The quantitative estimate of drug-likeness (QED) is 0.857. The number of hydrogen-bond donors (Lipinski definition) is 1. The number of carbonyl (C=O) groups excluding carboxylic acids is 1. The van der Waals surface area contributed by atoms with Gasteiger partial charge in [0, 0.05) is 51.1 Å². The van der Waals surface area contributed by atoms with Crippen molar-refractivity contribution in [2.75, 3.05) is 49.5 Å². The zero-order chi connectivity index (χ0) is 19.3. The molecule has 2 aliphatic heterocycles. The molecular weight excluding hydrogens is 354 g/mol. The van der Waals surface area contributed by atoms with E-state index in [9.17, 15) is 4.79 Å². The lowest BCUT2D eigenvalue weighted by Crippen LogP contribution is -2.49.